The van der Waals surface area contributed by atoms with Crippen molar-refractivity contribution in [1.29, 1.82) is 0 Å². The summed E-state index contributed by atoms with van der Waals surface area (Å²) < 4.78 is 6.49. The standard InChI is InChI=1S/C19H26N4O2S/c1-5-23-16(14-8-10-15(25-4)11-9-14)20-18(22-23)21-17(24)19(2,3)26-12-13-6-7-13/h8-11,13H,5-7,12H2,1-4H3,(H,21,22,24). The lowest BCUT2D eigenvalue weighted by Gasteiger charge is -2.21. The minimum atomic E-state index is -0.499. The number of amides is 1. The summed E-state index contributed by atoms with van der Waals surface area (Å²) in [5, 5.41) is 7.33. The summed E-state index contributed by atoms with van der Waals surface area (Å²) in [6.07, 6.45) is 2.58. The Morgan fingerprint density at radius 3 is 2.62 bits per heavy atom. The highest BCUT2D eigenvalue weighted by molar-refractivity contribution is 8.01. The van der Waals surface area contributed by atoms with Gasteiger partial charge in [0, 0.05) is 12.1 Å². The van der Waals surface area contributed by atoms with E-state index in [4.69, 9.17) is 4.74 Å². The van der Waals surface area contributed by atoms with Crippen molar-refractivity contribution in [2.45, 2.75) is 44.9 Å². The average molecular weight is 375 g/mol. The molecule has 1 aromatic heterocycles. The number of anilines is 1. The molecule has 1 N–H and O–H groups in total. The first-order valence-electron chi connectivity index (χ1n) is 8.97. The number of hydrogen-bond donors (Lipinski definition) is 1. The van der Waals surface area contributed by atoms with Crippen molar-refractivity contribution in [3.63, 3.8) is 0 Å². The lowest BCUT2D eigenvalue weighted by Crippen LogP contribution is -2.35. The Balaban J connectivity index is 1.73. The number of carbonyl (C=O) groups is 1. The Morgan fingerprint density at radius 1 is 1.35 bits per heavy atom. The van der Waals surface area contributed by atoms with Crippen LogP contribution in [0.15, 0.2) is 24.3 Å². The molecular formula is C19H26N4O2S. The second kappa shape index (κ2) is 7.70. The van der Waals surface area contributed by atoms with Gasteiger partial charge in [-0.3, -0.25) is 10.1 Å². The number of carbonyl (C=O) groups excluding carboxylic acids is 1. The number of benzene rings is 1. The lowest BCUT2D eigenvalue weighted by atomic mass is 10.2. The van der Waals surface area contributed by atoms with Crippen molar-refractivity contribution in [2.75, 3.05) is 18.2 Å². The summed E-state index contributed by atoms with van der Waals surface area (Å²) in [4.78, 5) is 17.2. The smallest absolute Gasteiger partial charge is 0.249 e. The maximum Gasteiger partial charge on any atom is 0.249 e. The van der Waals surface area contributed by atoms with Crippen LogP contribution in [-0.4, -0.2) is 38.3 Å². The summed E-state index contributed by atoms with van der Waals surface area (Å²) in [7, 11) is 1.64. The van der Waals surface area contributed by atoms with Crippen LogP contribution in [0.25, 0.3) is 11.4 Å². The molecule has 0 aliphatic heterocycles. The summed E-state index contributed by atoms with van der Waals surface area (Å²) in [5.41, 5.74) is 0.933. The van der Waals surface area contributed by atoms with E-state index in [-0.39, 0.29) is 5.91 Å². The topological polar surface area (TPSA) is 69.0 Å². The molecule has 1 fully saturated rings. The number of thioether (sulfide) groups is 1. The Kier molecular flexibility index (Phi) is 5.55. The second-order valence-corrected chi connectivity index (χ2v) is 8.66. The van der Waals surface area contributed by atoms with Gasteiger partial charge in [0.05, 0.1) is 11.9 Å². The number of methoxy groups -OCH3 is 1. The number of nitrogens with one attached hydrogen (secondary N) is 1. The predicted molar refractivity (Wildman–Crippen MR) is 106 cm³/mol. The molecule has 7 heteroatoms. The normalized spacial score (nSPS) is 14.3. The van der Waals surface area contributed by atoms with Crippen LogP contribution in [-0.2, 0) is 11.3 Å². The molecule has 140 valence electrons. The van der Waals surface area contributed by atoms with Gasteiger partial charge in [0.1, 0.15) is 5.75 Å². The highest BCUT2D eigenvalue weighted by Crippen LogP contribution is 2.37. The van der Waals surface area contributed by atoms with Crippen molar-refractivity contribution in [2.24, 2.45) is 5.92 Å². The zero-order valence-electron chi connectivity index (χ0n) is 15.8. The van der Waals surface area contributed by atoms with E-state index in [0.717, 1.165) is 28.8 Å². The van der Waals surface area contributed by atoms with Crippen LogP contribution in [0.4, 0.5) is 5.95 Å². The zero-order valence-corrected chi connectivity index (χ0v) is 16.6. The van der Waals surface area contributed by atoms with Gasteiger partial charge in [0.2, 0.25) is 11.9 Å². The first-order valence-corrected chi connectivity index (χ1v) is 9.96. The van der Waals surface area contributed by atoms with Crippen molar-refractivity contribution in [3.05, 3.63) is 24.3 Å². The quantitative estimate of drug-likeness (QED) is 0.760. The molecule has 6 nitrogen and oxygen atoms in total. The number of aromatic nitrogens is 3. The molecule has 1 amide bonds. The number of aryl methyl sites for hydroxylation is 1. The highest BCUT2D eigenvalue weighted by Gasteiger charge is 2.32. The Hall–Kier alpha value is -2.02. The van der Waals surface area contributed by atoms with Crippen LogP contribution in [0.5, 0.6) is 5.75 Å². The van der Waals surface area contributed by atoms with Gasteiger partial charge in [-0.05, 0) is 69.5 Å². The Labute approximate surface area is 158 Å². The first-order chi connectivity index (χ1) is 12.4. The second-order valence-electron chi connectivity index (χ2n) is 7.02. The molecule has 1 aliphatic rings. The molecule has 0 saturated heterocycles. The van der Waals surface area contributed by atoms with E-state index in [2.05, 4.69) is 15.4 Å². The third-order valence-corrected chi connectivity index (χ3v) is 6.01. The van der Waals surface area contributed by atoms with E-state index in [9.17, 15) is 4.79 Å². The fourth-order valence-corrected chi connectivity index (χ4v) is 3.67. The molecule has 2 aromatic rings. The van der Waals surface area contributed by atoms with Crippen molar-refractivity contribution in [1.82, 2.24) is 14.8 Å². The van der Waals surface area contributed by atoms with E-state index in [1.807, 2.05) is 45.0 Å². The van der Waals surface area contributed by atoms with Crippen LogP contribution in [0.2, 0.25) is 0 Å². The van der Waals surface area contributed by atoms with Gasteiger partial charge in [-0.15, -0.1) is 16.9 Å². The summed E-state index contributed by atoms with van der Waals surface area (Å²) in [6, 6.07) is 7.66. The van der Waals surface area contributed by atoms with Gasteiger partial charge < -0.3 is 4.74 Å². The Bertz CT molecular complexity index is 766. The lowest BCUT2D eigenvalue weighted by molar-refractivity contribution is -0.117. The molecule has 1 heterocycles. The predicted octanol–water partition coefficient (Wildman–Crippen LogP) is 3.83. The SMILES string of the molecule is CCn1nc(NC(=O)C(C)(C)SCC2CC2)nc1-c1ccc(OC)cc1. The molecule has 26 heavy (non-hydrogen) atoms. The van der Waals surface area contributed by atoms with E-state index < -0.39 is 4.75 Å². The summed E-state index contributed by atoms with van der Waals surface area (Å²) in [6.45, 7) is 6.58. The van der Waals surface area contributed by atoms with Gasteiger partial charge in [0.15, 0.2) is 5.82 Å². The van der Waals surface area contributed by atoms with Crippen molar-refractivity contribution < 1.29 is 9.53 Å². The van der Waals surface area contributed by atoms with E-state index in [0.29, 0.717) is 12.5 Å². The fraction of sp³-hybridized carbons (Fsp3) is 0.526. The summed E-state index contributed by atoms with van der Waals surface area (Å²) >= 11 is 1.71. The van der Waals surface area contributed by atoms with Gasteiger partial charge >= 0.3 is 0 Å². The van der Waals surface area contributed by atoms with Gasteiger partial charge in [-0.2, -0.15) is 4.98 Å². The number of rotatable bonds is 8. The summed E-state index contributed by atoms with van der Waals surface area (Å²) in [5.74, 6) is 3.63. The maximum atomic E-state index is 12.7. The van der Waals surface area contributed by atoms with Crippen molar-refractivity contribution >= 4 is 23.6 Å². The molecule has 0 bridgehead atoms. The number of hydrogen-bond acceptors (Lipinski definition) is 5. The van der Waals surface area contributed by atoms with Gasteiger partial charge in [-0.25, -0.2) is 4.68 Å². The molecule has 3 rings (SSSR count). The van der Waals surface area contributed by atoms with Crippen LogP contribution < -0.4 is 10.1 Å². The van der Waals surface area contributed by atoms with Crippen LogP contribution in [0.3, 0.4) is 0 Å². The monoisotopic (exact) mass is 374 g/mol. The van der Waals surface area contributed by atoms with Gasteiger partial charge in [0.25, 0.3) is 0 Å². The zero-order chi connectivity index (χ0) is 18.7. The molecule has 0 radical (unpaired) electrons. The third kappa shape index (κ3) is 4.38. The largest absolute Gasteiger partial charge is 0.497 e. The van der Waals surface area contributed by atoms with Crippen LogP contribution in [0.1, 0.15) is 33.6 Å². The minimum Gasteiger partial charge on any atom is -0.497 e. The van der Waals surface area contributed by atoms with Crippen molar-refractivity contribution in [3.8, 4) is 17.1 Å². The third-order valence-electron chi connectivity index (χ3n) is 4.47. The molecule has 1 saturated carbocycles. The van der Waals surface area contributed by atoms with Crippen LogP contribution in [0, 0.1) is 5.92 Å². The minimum absolute atomic E-state index is 0.0577. The molecule has 0 spiro atoms. The number of ether oxygens (including phenoxy) is 1. The molecular weight excluding hydrogens is 348 g/mol. The van der Waals surface area contributed by atoms with E-state index in [1.165, 1.54) is 12.8 Å². The molecule has 0 unspecified atom stereocenters. The molecule has 1 aliphatic carbocycles. The van der Waals surface area contributed by atoms with E-state index in [1.54, 1.807) is 23.6 Å². The first kappa shape index (κ1) is 18.8. The van der Waals surface area contributed by atoms with E-state index >= 15 is 0 Å². The maximum absolute atomic E-state index is 12.7. The fourth-order valence-electron chi connectivity index (χ4n) is 2.50. The van der Waals surface area contributed by atoms with Gasteiger partial charge in [-0.1, -0.05) is 0 Å². The average Bonchev–Trinajstić information content (AvgIpc) is 3.39. The Morgan fingerprint density at radius 2 is 2.04 bits per heavy atom. The highest BCUT2D eigenvalue weighted by atomic mass is 32.2. The van der Waals surface area contributed by atoms with Crippen LogP contribution >= 0.6 is 11.8 Å². The number of nitrogens with zero attached hydrogens (tertiary/aromatic N) is 3. The molecule has 1 aromatic carbocycles. The molecule has 0 atom stereocenters.